The maximum absolute atomic E-state index is 11.4. The fraction of sp³-hybridized carbons (Fsp3) is 0.833. The minimum absolute atomic E-state index is 0.0154. The first-order valence-electron chi connectivity index (χ1n) is 6.35. The molecule has 1 atom stereocenters. The lowest BCUT2D eigenvalue weighted by molar-refractivity contribution is -0.138. The summed E-state index contributed by atoms with van der Waals surface area (Å²) in [5, 5.41) is 14.2. The highest BCUT2D eigenvalue weighted by atomic mass is 16.4. The van der Waals surface area contributed by atoms with Gasteiger partial charge >= 0.3 is 12.0 Å². The van der Waals surface area contributed by atoms with E-state index in [1.165, 1.54) is 12.8 Å². The van der Waals surface area contributed by atoms with Gasteiger partial charge in [-0.3, -0.25) is 4.79 Å². The molecule has 0 aliphatic heterocycles. The molecule has 17 heavy (non-hydrogen) atoms. The molecule has 0 heterocycles. The van der Waals surface area contributed by atoms with Gasteiger partial charge < -0.3 is 15.7 Å². The molecule has 0 spiro atoms. The van der Waals surface area contributed by atoms with E-state index in [0.29, 0.717) is 13.1 Å². The monoisotopic (exact) mass is 242 g/mol. The first-order valence-corrected chi connectivity index (χ1v) is 6.35. The molecule has 0 aromatic heterocycles. The largest absolute Gasteiger partial charge is 0.481 e. The van der Waals surface area contributed by atoms with Crippen LogP contribution in [0.5, 0.6) is 0 Å². The van der Waals surface area contributed by atoms with Crippen LogP contribution in [0.4, 0.5) is 4.79 Å². The summed E-state index contributed by atoms with van der Waals surface area (Å²) in [5.74, 6) is 0.0141. The van der Waals surface area contributed by atoms with Crippen molar-refractivity contribution in [2.75, 3.05) is 13.1 Å². The smallest absolute Gasteiger partial charge is 0.314 e. The number of carboxylic acids is 1. The minimum atomic E-state index is -0.812. The van der Waals surface area contributed by atoms with Gasteiger partial charge in [-0.1, -0.05) is 26.2 Å². The van der Waals surface area contributed by atoms with Gasteiger partial charge in [0, 0.05) is 19.5 Å². The molecule has 1 aliphatic carbocycles. The fourth-order valence-electron chi connectivity index (χ4n) is 1.70. The molecule has 5 heteroatoms. The van der Waals surface area contributed by atoms with Crippen LogP contribution in [0.2, 0.25) is 0 Å². The molecule has 1 aliphatic rings. The van der Waals surface area contributed by atoms with Crippen LogP contribution < -0.4 is 10.6 Å². The number of nitrogens with one attached hydrogen (secondary N) is 2. The van der Waals surface area contributed by atoms with Crippen molar-refractivity contribution in [2.45, 2.75) is 39.0 Å². The van der Waals surface area contributed by atoms with Gasteiger partial charge in [0.05, 0.1) is 0 Å². The molecule has 0 saturated heterocycles. The third-order valence-electron chi connectivity index (χ3n) is 3.13. The molecule has 2 amide bonds. The Balaban J connectivity index is 2.05. The summed E-state index contributed by atoms with van der Waals surface area (Å²) in [6.07, 6.45) is 4.51. The first kappa shape index (κ1) is 13.8. The first-order chi connectivity index (χ1) is 8.11. The summed E-state index contributed by atoms with van der Waals surface area (Å²) in [6.45, 7) is 3.07. The summed E-state index contributed by atoms with van der Waals surface area (Å²) in [5.41, 5.74) is 0. The van der Waals surface area contributed by atoms with Crippen LogP contribution >= 0.6 is 0 Å². The Labute approximate surface area is 102 Å². The van der Waals surface area contributed by atoms with Gasteiger partial charge in [0.1, 0.15) is 0 Å². The molecule has 0 aromatic rings. The predicted octanol–water partition coefficient (Wildman–Crippen LogP) is 1.59. The zero-order chi connectivity index (χ0) is 12.7. The zero-order valence-corrected chi connectivity index (χ0v) is 10.4. The topological polar surface area (TPSA) is 78.4 Å². The van der Waals surface area contributed by atoms with Gasteiger partial charge in [-0.05, 0) is 18.3 Å². The molecular weight excluding hydrogens is 220 g/mol. The lowest BCUT2D eigenvalue weighted by Gasteiger charge is -2.13. The second kappa shape index (κ2) is 7.14. The Bertz CT molecular complexity index is 264. The van der Waals surface area contributed by atoms with E-state index in [9.17, 15) is 9.59 Å². The van der Waals surface area contributed by atoms with Crippen LogP contribution in [0.1, 0.15) is 39.0 Å². The lowest BCUT2D eigenvalue weighted by Crippen LogP contribution is -2.39. The highest BCUT2D eigenvalue weighted by molar-refractivity contribution is 5.74. The average Bonchev–Trinajstić information content (AvgIpc) is 3.07. The molecule has 5 nitrogen and oxygen atoms in total. The van der Waals surface area contributed by atoms with Gasteiger partial charge in [-0.15, -0.1) is 0 Å². The number of carbonyl (C=O) groups is 2. The van der Waals surface area contributed by atoms with E-state index in [0.717, 1.165) is 18.8 Å². The van der Waals surface area contributed by atoms with Crippen molar-refractivity contribution in [3.63, 3.8) is 0 Å². The normalized spacial score (nSPS) is 16.3. The highest BCUT2D eigenvalue weighted by Crippen LogP contribution is 2.31. The van der Waals surface area contributed by atoms with E-state index < -0.39 is 5.97 Å². The predicted molar refractivity (Wildman–Crippen MR) is 64.8 cm³/mol. The standard InChI is InChI=1S/C12H22N2O3/c1-2-9(7-11(15)16)8-14-12(17)13-6-5-10-3-4-10/h9-10H,2-8H2,1H3,(H,15,16)(H2,13,14,17). The average molecular weight is 242 g/mol. The number of hydrogen-bond acceptors (Lipinski definition) is 2. The van der Waals surface area contributed by atoms with E-state index in [2.05, 4.69) is 10.6 Å². The van der Waals surface area contributed by atoms with E-state index in [4.69, 9.17) is 5.11 Å². The SMILES string of the molecule is CCC(CNC(=O)NCCC1CC1)CC(=O)O. The van der Waals surface area contributed by atoms with Crippen molar-refractivity contribution in [3.05, 3.63) is 0 Å². The lowest BCUT2D eigenvalue weighted by atomic mass is 10.0. The molecule has 1 unspecified atom stereocenters. The number of rotatable bonds is 8. The summed E-state index contributed by atoms with van der Waals surface area (Å²) >= 11 is 0. The number of hydrogen-bond donors (Lipinski definition) is 3. The van der Waals surface area contributed by atoms with Crippen LogP contribution in [0.15, 0.2) is 0 Å². The van der Waals surface area contributed by atoms with Crippen molar-refractivity contribution >= 4 is 12.0 Å². The second-order valence-corrected chi connectivity index (χ2v) is 4.74. The van der Waals surface area contributed by atoms with Gasteiger partial charge in [-0.25, -0.2) is 4.79 Å². The van der Waals surface area contributed by atoms with Crippen molar-refractivity contribution in [1.82, 2.24) is 10.6 Å². The maximum Gasteiger partial charge on any atom is 0.314 e. The number of carbonyl (C=O) groups excluding carboxylic acids is 1. The number of carboxylic acid groups (broad SMARTS) is 1. The van der Waals surface area contributed by atoms with Crippen molar-refractivity contribution in [1.29, 1.82) is 0 Å². The zero-order valence-electron chi connectivity index (χ0n) is 10.4. The summed E-state index contributed by atoms with van der Waals surface area (Å²) in [4.78, 5) is 21.9. The molecule has 0 radical (unpaired) electrons. The molecular formula is C12H22N2O3. The van der Waals surface area contributed by atoms with Crippen molar-refractivity contribution in [3.8, 4) is 0 Å². The molecule has 1 saturated carbocycles. The third-order valence-corrected chi connectivity index (χ3v) is 3.13. The van der Waals surface area contributed by atoms with Gasteiger partial charge in [-0.2, -0.15) is 0 Å². The third kappa shape index (κ3) is 6.81. The van der Waals surface area contributed by atoms with Crippen molar-refractivity contribution in [2.24, 2.45) is 11.8 Å². The van der Waals surface area contributed by atoms with Gasteiger partial charge in [0.25, 0.3) is 0 Å². The van der Waals surface area contributed by atoms with Crippen LogP contribution in [0, 0.1) is 11.8 Å². The quantitative estimate of drug-likeness (QED) is 0.604. The van der Waals surface area contributed by atoms with E-state index in [1.54, 1.807) is 0 Å². The van der Waals surface area contributed by atoms with Crippen LogP contribution in [0.25, 0.3) is 0 Å². The fourth-order valence-corrected chi connectivity index (χ4v) is 1.70. The van der Waals surface area contributed by atoms with Crippen molar-refractivity contribution < 1.29 is 14.7 Å². The van der Waals surface area contributed by atoms with E-state index in [-0.39, 0.29) is 18.4 Å². The highest BCUT2D eigenvalue weighted by Gasteiger charge is 2.20. The Kier molecular flexibility index (Phi) is 5.80. The van der Waals surface area contributed by atoms with Gasteiger partial charge in [0.15, 0.2) is 0 Å². The number of amides is 2. The summed E-state index contributed by atoms with van der Waals surface area (Å²) in [6, 6.07) is -0.186. The maximum atomic E-state index is 11.4. The van der Waals surface area contributed by atoms with Crippen LogP contribution in [-0.2, 0) is 4.79 Å². The van der Waals surface area contributed by atoms with Crippen LogP contribution in [-0.4, -0.2) is 30.2 Å². The molecule has 98 valence electrons. The van der Waals surface area contributed by atoms with E-state index >= 15 is 0 Å². The molecule has 3 N–H and O–H groups in total. The Morgan fingerprint density at radius 1 is 1.35 bits per heavy atom. The molecule has 0 bridgehead atoms. The minimum Gasteiger partial charge on any atom is -0.481 e. The Hall–Kier alpha value is -1.26. The van der Waals surface area contributed by atoms with Crippen LogP contribution in [0.3, 0.4) is 0 Å². The summed E-state index contributed by atoms with van der Waals surface area (Å²) < 4.78 is 0. The van der Waals surface area contributed by atoms with E-state index in [1.807, 2.05) is 6.92 Å². The Morgan fingerprint density at radius 3 is 2.59 bits per heavy atom. The number of urea groups is 1. The molecule has 0 aromatic carbocycles. The second-order valence-electron chi connectivity index (χ2n) is 4.74. The Morgan fingerprint density at radius 2 is 2.06 bits per heavy atom. The molecule has 1 fully saturated rings. The molecule has 1 rings (SSSR count). The van der Waals surface area contributed by atoms with Gasteiger partial charge in [0.2, 0.25) is 0 Å². The summed E-state index contributed by atoms with van der Waals surface area (Å²) in [7, 11) is 0. The number of aliphatic carboxylic acids is 1.